The second kappa shape index (κ2) is 10.4. The Morgan fingerprint density at radius 3 is 2.29 bits per heavy atom. The van der Waals surface area contributed by atoms with Crippen LogP contribution in [-0.4, -0.2) is 64.1 Å². The SMILES string of the molecule is NC(=O)c1ccccc1[CH]CCN1CC2CN(C(=O)c3cnn(-c4ccc(Cl)cc4)c3C(F)(F)F)C[C@@H]2C1. The first-order chi connectivity index (χ1) is 18.1. The lowest BCUT2D eigenvalue weighted by Gasteiger charge is -2.22. The van der Waals surface area contributed by atoms with Gasteiger partial charge in [-0.25, -0.2) is 4.68 Å². The van der Waals surface area contributed by atoms with Crippen LogP contribution in [0.25, 0.3) is 5.69 Å². The van der Waals surface area contributed by atoms with E-state index in [0.29, 0.717) is 23.7 Å². The van der Waals surface area contributed by atoms with E-state index in [-0.39, 0.29) is 17.5 Å². The Morgan fingerprint density at radius 2 is 1.66 bits per heavy atom. The maximum Gasteiger partial charge on any atom is 0.434 e. The van der Waals surface area contributed by atoms with Gasteiger partial charge in [0.05, 0.1) is 17.4 Å². The maximum absolute atomic E-state index is 14.1. The summed E-state index contributed by atoms with van der Waals surface area (Å²) in [4.78, 5) is 28.7. The fourth-order valence-electron chi connectivity index (χ4n) is 5.47. The van der Waals surface area contributed by atoms with Gasteiger partial charge in [-0.3, -0.25) is 9.59 Å². The molecule has 2 amide bonds. The molecule has 2 N–H and O–H groups in total. The van der Waals surface area contributed by atoms with Crippen LogP contribution in [0.3, 0.4) is 0 Å². The van der Waals surface area contributed by atoms with Gasteiger partial charge in [0.1, 0.15) is 0 Å². The number of benzene rings is 2. The fourth-order valence-corrected chi connectivity index (χ4v) is 5.59. The van der Waals surface area contributed by atoms with Crippen LogP contribution in [0.1, 0.15) is 38.4 Å². The number of hydrogen-bond donors (Lipinski definition) is 1. The van der Waals surface area contributed by atoms with E-state index in [2.05, 4.69) is 10.00 Å². The van der Waals surface area contributed by atoms with Gasteiger partial charge in [-0.1, -0.05) is 29.8 Å². The minimum atomic E-state index is -4.77. The van der Waals surface area contributed by atoms with Gasteiger partial charge in [-0.2, -0.15) is 18.3 Å². The number of nitrogens with zero attached hydrogens (tertiary/aromatic N) is 4. The van der Waals surface area contributed by atoms with E-state index in [1.54, 1.807) is 12.1 Å². The summed E-state index contributed by atoms with van der Waals surface area (Å²) in [6.45, 7) is 3.10. The third-order valence-corrected chi connectivity index (χ3v) is 7.48. The van der Waals surface area contributed by atoms with Crippen molar-refractivity contribution in [1.82, 2.24) is 19.6 Å². The highest BCUT2D eigenvalue weighted by Crippen LogP contribution is 2.37. The summed E-state index contributed by atoms with van der Waals surface area (Å²) in [5.74, 6) is -0.741. The Hall–Kier alpha value is -3.37. The molecule has 7 nitrogen and oxygen atoms in total. The van der Waals surface area contributed by atoms with Crippen LogP contribution in [0, 0.1) is 18.3 Å². The van der Waals surface area contributed by atoms with Crippen molar-refractivity contribution in [2.45, 2.75) is 12.6 Å². The first kappa shape index (κ1) is 26.2. The van der Waals surface area contributed by atoms with Gasteiger partial charge in [-0.15, -0.1) is 0 Å². The summed E-state index contributed by atoms with van der Waals surface area (Å²) in [5, 5.41) is 4.29. The summed E-state index contributed by atoms with van der Waals surface area (Å²) >= 11 is 5.87. The predicted octanol–water partition coefficient (Wildman–Crippen LogP) is 4.29. The Bertz CT molecular complexity index is 1330. The number of alkyl halides is 3. The molecule has 38 heavy (non-hydrogen) atoms. The number of carbonyl (C=O) groups excluding carboxylic acids is 2. The minimum Gasteiger partial charge on any atom is -0.366 e. The average molecular weight is 545 g/mol. The van der Waals surface area contributed by atoms with Crippen LogP contribution in [0.15, 0.2) is 54.7 Å². The summed E-state index contributed by atoms with van der Waals surface area (Å²) in [7, 11) is 0. The molecule has 2 saturated heterocycles. The van der Waals surface area contributed by atoms with Crippen molar-refractivity contribution in [3.05, 3.63) is 88.6 Å². The molecular formula is C27H26ClF3N5O2. The van der Waals surface area contributed by atoms with Crippen molar-refractivity contribution in [2.24, 2.45) is 17.6 Å². The zero-order valence-corrected chi connectivity index (χ0v) is 21.1. The topological polar surface area (TPSA) is 84.5 Å². The van der Waals surface area contributed by atoms with Gasteiger partial charge in [-0.05, 0) is 67.1 Å². The van der Waals surface area contributed by atoms with E-state index in [1.165, 1.54) is 29.2 Å². The zero-order valence-electron chi connectivity index (χ0n) is 20.4. The van der Waals surface area contributed by atoms with Gasteiger partial charge >= 0.3 is 6.18 Å². The highest BCUT2D eigenvalue weighted by molar-refractivity contribution is 6.30. The van der Waals surface area contributed by atoms with Gasteiger partial charge in [0.2, 0.25) is 5.91 Å². The zero-order chi connectivity index (χ0) is 27.0. The number of carbonyl (C=O) groups is 2. The summed E-state index contributed by atoms with van der Waals surface area (Å²) in [6, 6.07) is 13.0. The van der Waals surface area contributed by atoms with Crippen molar-refractivity contribution in [1.29, 1.82) is 0 Å². The molecule has 5 rings (SSSR count). The Morgan fingerprint density at radius 1 is 1.00 bits per heavy atom. The number of primary amides is 1. The summed E-state index contributed by atoms with van der Waals surface area (Å²) in [6.07, 6.45) is -1.05. The summed E-state index contributed by atoms with van der Waals surface area (Å²) in [5.41, 5.74) is 5.36. The number of fused-ring (bicyclic) bond motifs is 1. The number of aromatic nitrogens is 2. The Labute approximate surface area is 223 Å². The van der Waals surface area contributed by atoms with E-state index in [0.717, 1.165) is 42.5 Å². The van der Waals surface area contributed by atoms with Crippen LogP contribution in [-0.2, 0) is 6.18 Å². The Balaban J connectivity index is 1.21. The molecule has 1 radical (unpaired) electrons. The van der Waals surface area contributed by atoms with E-state index in [4.69, 9.17) is 17.3 Å². The van der Waals surface area contributed by atoms with Crippen molar-refractivity contribution in [2.75, 3.05) is 32.7 Å². The standard InChI is InChI=1S/C27H26ClF3N5O2/c28-20-7-9-21(10-8-20)36-24(27(29,30)31)23(12-33-36)26(38)35-15-18-13-34(14-19(18)16-35)11-3-5-17-4-1-2-6-22(17)25(32)37/h1-2,4-10,12,18-19H,3,11,13-16H2,(H2,32,37)/t18-,19?/m0/s1. The van der Waals surface area contributed by atoms with E-state index >= 15 is 0 Å². The molecule has 0 saturated carbocycles. The van der Waals surface area contributed by atoms with Crippen LogP contribution in [0.4, 0.5) is 13.2 Å². The molecule has 3 aromatic rings. The molecule has 0 aliphatic carbocycles. The molecule has 11 heteroatoms. The van der Waals surface area contributed by atoms with Crippen molar-refractivity contribution in [3.63, 3.8) is 0 Å². The van der Waals surface area contributed by atoms with E-state index in [9.17, 15) is 22.8 Å². The second-order valence-corrected chi connectivity index (χ2v) is 10.2. The minimum absolute atomic E-state index is 0.171. The number of halogens is 4. The molecular weight excluding hydrogens is 519 g/mol. The second-order valence-electron chi connectivity index (χ2n) is 9.73. The number of likely N-dealkylation sites (tertiary alicyclic amines) is 2. The van der Waals surface area contributed by atoms with Crippen LogP contribution in [0.5, 0.6) is 0 Å². The highest BCUT2D eigenvalue weighted by Gasteiger charge is 2.45. The molecule has 2 atom stereocenters. The first-order valence-electron chi connectivity index (χ1n) is 12.3. The molecule has 1 unspecified atom stereocenters. The maximum atomic E-state index is 14.1. The number of rotatable bonds is 7. The predicted molar refractivity (Wildman–Crippen MR) is 136 cm³/mol. The molecule has 0 bridgehead atoms. The van der Waals surface area contributed by atoms with Crippen molar-refractivity contribution < 1.29 is 22.8 Å². The average Bonchev–Trinajstić information content (AvgIpc) is 3.57. The molecule has 1 aromatic heterocycles. The Kier molecular flexibility index (Phi) is 7.19. The van der Waals surface area contributed by atoms with Crippen LogP contribution in [0.2, 0.25) is 5.02 Å². The first-order valence-corrected chi connectivity index (χ1v) is 12.6. The normalized spacial score (nSPS) is 19.6. The van der Waals surface area contributed by atoms with Gasteiger partial charge < -0.3 is 15.5 Å². The molecule has 0 spiro atoms. The molecule has 2 aliphatic heterocycles. The largest absolute Gasteiger partial charge is 0.434 e. The number of nitrogens with two attached hydrogens (primary N) is 1. The van der Waals surface area contributed by atoms with Crippen molar-refractivity contribution in [3.8, 4) is 5.69 Å². The van der Waals surface area contributed by atoms with Gasteiger partial charge in [0.15, 0.2) is 5.69 Å². The lowest BCUT2D eigenvalue weighted by Crippen LogP contribution is -2.34. The van der Waals surface area contributed by atoms with Gasteiger partial charge in [0, 0.05) is 36.8 Å². The molecule has 2 aliphatic rings. The smallest absolute Gasteiger partial charge is 0.366 e. The third-order valence-electron chi connectivity index (χ3n) is 7.22. The molecule has 2 fully saturated rings. The number of hydrogen-bond acceptors (Lipinski definition) is 4. The highest BCUT2D eigenvalue weighted by atomic mass is 35.5. The van der Waals surface area contributed by atoms with Gasteiger partial charge in [0.25, 0.3) is 5.91 Å². The monoisotopic (exact) mass is 544 g/mol. The molecule has 2 aromatic carbocycles. The molecule has 199 valence electrons. The third kappa shape index (κ3) is 5.28. The van der Waals surface area contributed by atoms with E-state index < -0.39 is 29.2 Å². The summed E-state index contributed by atoms with van der Waals surface area (Å²) < 4.78 is 42.9. The lowest BCUT2D eigenvalue weighted by molar-refractivity contribution is -0.143. The lowest BCUT2D eigenvalue weighted by atomic mass is 10.0. The van der Waals surface area contributed by atoms with E-state index in [1.807, 2.05) is 18.6 Å². The number of amides is 2. The molecule has 3 heterocycles. The van der Waals surface area contributed by atoms with Crippen molar-refractivity contribution >= 4 is 23.4 Å². The quantitative estimate of drug-likeness (QED) is 0.481. The van der Waals surface area contributed by atoms with Crippen LogP contribution < -0.4 is 5.73 Å². The van der Waals surface area contributed by atoms with Crippen LogP contribution >= 0.6 is 11.6 Å². The fraction of sp³-hybridized carbons (Fsp3) is 0.333.